The number of piperidine rings is 1. The molecule has 4 rings (SSSR count). The third-order valence-electron chi connectivity index (χ3n) is 5.33. The molecule has 1 saturated heterocycles. The van der Waals surface area contributed by atoms with Gasteiger partial charge in [-0.25, -0.2) is 4.98 Å². The predicted molar refractivity (Wildman–Crippen MR) is 106 cm³/mol. The highest BCUT2D eigenvalue weighted by Gasteiger charge is 2.23. The van der Waals surface area contributed by atoms with Gasteiger partial charge in [-0.1, -0.05) is 0 Å². The van der Waals surface area contributed by atoms with Gasteiger partial charge in [0.2, 0.25) is 5.95 Å². The van der Waals surface area contributed by atoms with Crippen LogP contribution in [0.2, 0.25) is 0 Å². The zero-order valence-electron chi connectivity index (χ0n) is 16.4. The number of fused-ring (bicyclic) bond motifs is 1. The van der Waals surface area contributed by atoms with Crippen molar-refractivity contribution in [3.8, 4) is 22.8 Å². The molecule has 150 valence electrons. The molecule has 1 aromatic carbocycles. The summed E-state index contributed by atoms with van der Waals surface area (Å²) >= 11 is 0. The number of nitrogens with one attached hydrogen (secondary N) is 1. The van der Waals surface area contributed by atoms with Crippen LogP contribution < -0.4 is 10.1 Å². The predicted octanol–water partition coefficient (Wildman–Crippen LogP) is 1.74. The van der Waals surface area contributed by atoms with Crippen molar-refractivity contribution in [2.24, 2.45) is 0 Å². The van der Waals surface area contributed by atoms with Crippen LogP contribution in [-0.2, 0) is 6.42 Å². The van der Waals surface area contributed by atoms with Crippen LogP contribution in [0, 0.1) is 6.92 Å². The Kier molecular flexibility index (Phi) is 5.32. The van der Waals surface area contributed by atoms with Crippen LogP contribution in [0.15, 0.2) is 12.1 Å². The van der Waals surface area contributed by atoms with E-state index < -0.39 is 0 Å². The van der Waals surface area contributed by atoms with E-state index >= 15 is 0 Å². The first kappa shape index (κ1) is 18.9. The highest BCUT2D eigenvalue weighted by Crippen LogP contribution is 2.40. The number of nitrogens with zero attached hydrogens (tertiary/aromatic N) is 4. The summed E-state index contributed by atoms with van der Waals surface area (Å²) in [4.78, 5) is 6.82. The van der Waals surface area contributed by atoms with Gasteiger partial charge >= 0.3 is 0 Å². The number of aromatic hydroxyl groups is 1. The molecule has 3 heterocycles. The van der Waals surface area contributed by atoms with Gasteiger partial charge in [0.25, 0.3) is 0 Å². The normalized spacial score (nSPS) is 20.5. The summed E-state index contributed by atoms with van der Waals surface area (Å²) in [6.45, 7) is 6.80. The highest BCUT2D eigenvalue weighted by atomic mass is 16.5. The molecule has 3 N–H and O–H groups in total. The first-order chi connectivity index (χ1) is 13.5. The fourth-order valence-corrected chi connectivity index (χ4v) is 4.06. The van der Waals surface area contributed by atoms with Gasteiger partial charge in [0.15, 0.2) is 0 Å². The van der Waals surface area contributed by atoms with E-state index in [4.69, 9.17) is 4.74 Å². The summed E-state index contributed by atoms with van der Waals surface area (Å²) in [6.07, 6.45) is 2.47. The average molecular weight is 385 g/mol. The number of rotatable bonds is 5. The van der Waals surface area contributed by atoms with E-state index in [1.54, 1.807) is 6.07 Å². The zero-order valence-corrected chi connectivity index (χ0v) is 16.4. The molecule has 1 fully saturated rings. The number of hydrogen-bond donors (Lipinski definition) is 3. The number of phenolic OH excluding ortho intramolecular Hbond substituents is 1. The maximum Gasteiger partial charge on any atom is 0.243 e. The van der Waals surface area contributed by atoms with Crippen molar-refractivity contribution in [1.82, 2.24) is 20.1 Å². The van der Waals surface area contributed by atoms with Crippen molar-refractivity contribution >= 4 is 5.95 Å². The fourth-order valence-electron chi connectivity index (χ4n) is 4.06. The van der Waals surface area contributed by atoms with Crippen molar-refractivity contribution in [2.45, 2.75) is 45.3 Å². The van der Waals surface area contributed by atoms with Crippen molar-refractivity contribution in [2.75, 3.05) is 31.6 Å². The minimum Gasteiger partial charge on any atom is -0.507 e. The molecule has 0 bridgehead atoms. The number of aromatic nitrogens is 3. The Balaban J connectivity index is 1.49. The van der Waals surface area contributed by atoms with E-state index in [0.29, 0.717) is 42.5 Å². The number of β-amino-alcohol motifs (C(OH)–C–C–N with tert-alkyl or cyclic N) is 1. The highest BCUT2D eigenvalue weighted by molar-refractivity contribution is 5.72. The van der Waals surface area contributed by atoms with E-state index in [-0.39, 0.29) is 17.9 Å². The van der Waals surface area contributed by atoms with Crippen LogP contribution in [0.3, 0.4) is 0 Å². The van der Waals surface area contributed by atoms with Crippen molar-refractivity contribution in [1.29, 1.82) is 0 Å². The quantitative estimate of drug-likeness (QED) is 0.715. The van der Waals surface area contributed by atoms with Gasteiger partial charge in [-0.2, -0.15) is 0 Å². The van der Waals surface area contributed by atoms with Crippen LogP contribution in [0.25, 0.3) is 11.3 Å². The standard InChI is InChI=1S/C20H27N5O3/c1-12(26)10-25-8-3-4-14(11-25)22-20-21-13(2)18(23-24-20)16-5-6-17-15(19(16)27)7-9-28-17/h5-6,12,14,26-27H,3-4,7-11H2,1-2H3,(H,21,22,24)/t12?,14-/m0/s1. The van der Waals surface area contributed by atoms with Gasteiger partial charge in [-0.15, -0.1) is 10.2 Å². The topological polar surface area (TPSA) is 104 Å². The molecule has 8 heteroatoms. The molecule has 0 saturated carbocycles. The van der Waals surface area contributed by atoms with Gasteiger partial charge in [0.1, 0.15) is 17.2 Å². The maximum absolute atomic E-state index is 10.6. The molecule has 1 aromatic heterocycles. The molecule has 1 unspecified atom stereocenters. The molecular weight excluding hydrogens is 358 g/mol. The summed E-state index contributed by atoms with van der Waals surface area (Å²) in [7, 11) is 0. The Bertz CT molecular complexity index is 858. The molecule has 2 atom stereocenters. The van der Waals surface area contributed by atoms with Gasteiger partial charge in [-0.3, -0.25) is 4.90 Å². The summed E-state index contributed by atoms with van der Waals surface area (Å²) in [5, 5.41) is 32.2. The van der Waals surface area contributed by atoms with Crippen molar-refractivity contribution in [3.05, 3.63) is 23.4 Å². The number of hydrogen-bond acceptors (Lipinski definition) is 8. The van der Waals surface area contributed by atoms with E-state index in [0.717, 1.165) is 37.2 Å². The van der Waals surface area contributed by atoms with Crippen LogP contribution in [-0.4, -0.2) is 68.7 Å². The Morgan fingerprint density at radius 3 is 3.00 bits per heavy atom. The summed E-state index contributed by atoms with van der Waals surface area (Å²) in [6, 6.07) is 3.90. The number of aliphatic hydroxyl groups is 1. The largest absolute Gasteiger partial charge is 0.507 e. The molecule has 0 aliphatic carbocycles. The van der Waals surface area contributed by atoms with Crippen LogP contribution in [0.5, 0.6) is 11.5 Å². The third-order valence-corrected chi connectivity index (χ3v) is 5.33. The molecular formula is C20H27N5O3. The summed E-state index contributed by atoms with van der Waals surface area (Å²) in [5.41, 5.74) is 2.75. The van der Waals surface area contributed by atoms with Gasteiger partial charge < -0.3 is 20.3 Å². The van der Waals surface area contributed by atoms with E-state index in [1.807, 2.05) is 19.9 Å². The molecule has 0 amide bonds. The molecule has 28 heavy (non-hydrogen) atoms. The second-order valence-corrected chi connectivity index (χ2v) is 7.70. The van der Waals surface area contributed by atoms with E-state index in [9.17, 15) is 10.2 Å². The molecule has 0 radical (unpaired) electrons. The lowest BCUT2D eigenvalue weighted by molar-refractivity contribution is 0.110. The summed E-state index contributed by atoms with van der Waals surface area (Å²) in [5.74, 6) is 1.43. The average Bonchev–Trinajstić information content (AvgIpc) is 3.12. The maximum atomic E-state index is 10.6. The Hall–Kier alpha value is -2.45. The van der Waals surface area contributed by atoms with Crippen LogP contribution in [0.4, 0.5) is 5.95 Å². The fraction of sp³-hybridized carbons (Fsp3) is 0.550. The van der Waals surface area contributed by atoms with E-state index in [2.05, 4.69) is 25.4 Å². The lowest BCUT2D eigenvalue weighted by atomic mass is 10.0. The van der Waals surface area contributed by atoms with Gasteiger partial charge in [0, 0.05) is 36.7 Å². The smallest absolute Gasteiger partial charge is 0.243 e. The SMILES string of the molecule is Cc1nc(N[C@H]2CCCN(CC(C)O)C2)nnc1-c1ccc2c(c1O)CCO2. The number of anilines is 1. The second-order valence-electron chi connectivity index (χ2n) is 7.70. The number of aryl methyl sites for hydroxylation is 1. The van der Waals surface area contributed by atoms with E-state index in [1.165, 1.54) is 0 Å². The Labute approximate surface area is 164 Å². The molecule has 2 aliphatic heterocycles. The lowest BCUT2D eigenvalue weighted by Crippen LogP contribution is -2.44. The van der Waals surface area contributed by atoms with Crippen molar-refractivity contribution in [3.63, 3.8) is 0 Å². The molecule has 0 spiro atoms. The number of likely N-dealkylation sites (tertiary alicyclic amines) is 1. The number of ether oxygens (including phenoxy) is 1. The van der Waals surface area contributed by atoms with Crippen LogP contribution >= 0.6 is 0 Å². The van der Waals surface area contributed by atoms with Gasteiger partial charge in [-0.05, 0) is 45.4 Å². The van der Waals surface area contributed by atoms with Crippen molar-refractivity contribution < 1.29 is 14.9 Å². The minimum absolute atomic E-state index is 0.205. The van der Waals surface area contributed by atoms with Crippen LogP contribution in [0.1, 0.15) is 31.0 Å². The Morgan fingerprint density at radius 1 is 1.36 bits per heavy atom. The second kappa shape index (κ2) is 7.89. The number of benzene rings is 1. The first-order valence-corrected chi connectivity index (χ1v) is 9.87. The Morgan fingerprint density at radius 2 is 2.21 bits per heavy atom. The van der Waals surface area contributed by atoms with Gasteiger partial charge in [0.05, 0.1) is 18.4 Å². The lowest BCUT2D eigenvalue weighted by Gasteiger charge is -2.33. The first-order valence-electron chi connectivity index (χ1n) is 9.87. The minimum atomic E-state index is -0.330. The molecule has 2 aromatic rings. The number of aliphatic hydroxyl groups excluding tert-OH is 1. The molecule has 2 aliphatic rings. The third kappa shape index (κ3) is 3.88. The number of phenols is 1. The monoisotopic (exact) mass is 385 g/mol. The molecule has 8 nitrogen and oxygen atoms in total. The summed E-state index contributed by atoms with van der Waals surface area (Å²) < 4.78 is 5.50. The zero-order chi connectivity index (χ0) is 19.7.